The Kier molecular flexibility index (Phi) is 11.2. The van der Waals surface area contributed by atoms with Gasteiger partial charge in [0.25, 0.3) is 0 Å². The molecular formula is C15H31NO2. The summed E-state index contributed by atoms with van der Waals surface area (Å²) in [5.41, 5.74) is 0. The predicted molar refractivity (Wildman–Crippen MR) is 76.6 cm³/mol. The molecule has 0 fully saturated rings. The normalized spacial score (nSPS) is 11.2. The van der Waals surface area contributed by atoms with Gasteiger partial charge in [0, 0.05) is 6.54 Å². The summed E-state index contributed by atoms with van der Waals surface area (Å²) in [5, 5.41) is 2.88. The molecule has 0 aliphatic carbocycles. The van der Waals surface area contributed by atoms with Crippen molar-refractivity contribution in [3.05, 3.63) is 0 Å². The first-order chi connectivity index (χ1) is 8.52. The van der Waals surface area contributed by atoms with Crippen LogP contribution in [0.5, 0.6) is 0 Å². The van der Waals surface area contributed by atoms with E-state index in [1.165, 1.54) is 32.1 Å². The number of carbonyl (C=O) groups excluding carboxylic acids is 1. The third-order valence-electron chi connectivity index (χ3n) is 2.83. The van der Waals surface area contributed by atoms with Crippen LogP contribution in [-0.4, -0.2) is 25.2 Å². The van der Waals surface area contributed by atoms with E-state index in [0.717, 1.165) is 18.9 Å². The quantitative estimate of drug-likeness (QED) is 0.575. The van der Waals surface area contributed by atoms with Crippen molar-refractivity contribution >= 4 is 5.91 Å². The van der Waals surface area contributed by atoms with E-state index in [0.29, 0.717) is 0 Å². The lowest BCUT2D eigenvalue weighted by Crippen LogP contribution is -2.29. The fraction of sp³-hybridized carbons (Fsp3) is 0.933. The smallest absolute Gasteiger partial charge is 0.246 e. The molecule has 1 N–H and O–H groups in total. The van der Waals surface area contributed by atoms with E-state index < -0.39 is 0 Å². The van der Waals surface area contributed by atoms with Gasteiger partial charge in [-0.05, 0) is 26.2 Å². The third-order valence-corrected chi connectivity index (χ3v) is 2.83. The zero-order valence-corrected chi connectivity index (χ0v) is 12.6. The summed E-state index contributed by atoms with van der Waals surface area (Å²) < 4.78 is 5.22. The van der Waals surface area contributed by atoms with Crippen LogP contribution in [-0.2, 0) is 9.53 Å². The molecule has 0 saturated carbocycles. The second kappa shape index (κ2) is 11.5. The lowest BCUT2D eigenvalue weighted by atomic mass is 10.0. The minimum atomic E-state index is 0.00325. The first kappa shape index (κ1) is 17.4. The fourth-order valence-corrected chi connectivity index (χ4v) is 1.73. The van der Waals surface area contributed by atoms with Crippen molar-refractivity contribution in [3.63, 3.8) is 0 Å². The van der Waals surface area contributed by atoms with Gasteiger partial charge in [0.15, 0.2) is 0 Å². The Balaban J connectivity index is 3.17. The van der Waals surface area contributed by atoms with Gasteiger partial charge >= 0.3 is 0 Å². The highest BCUT2D eigenvalue weighted by Crippen LogP contribution is 2.10. The van der Waals surface area contributed by atoms with Gasteiger partial charge in [-0.2, -0.15) is 0 Å². The Labute approximate surface area is 113 Å². The number of carbonyl (C=O) groups is 1. The number of unbranched alkanes of at least 4 members (excludes halogenated alkanes) is 4. The van der Waals surface area contributed by atoms with Crippen LogP contribution in [0.4, 0.5) is 0 Å². The van der Waals surface area contributed by atoms with Crippen molar-refractivity contribution in [1.29, 1.82) is 0 Å². The lowest BCUT2D eigenvalue weighted by Gasteiger charge is -2.08. The molecule has 1 amide bonds. The highest BCUT2D eigenvalue weighted by Gasteiger charge is 2.02. The Morgan fingerprint density at radius 3 is 2.22 bits per heavy atom. The summed E-state index contributed by atoms with van der Waals surface area (Å²) in [7, 11) is 0. The Bertz CT molecular complexity index is 203. The van der Waals surface area contributed by atoms with Gasteiger partial charge in [-0.3, -0.25) is 4.79 Å². The molecule has 3 nitrogen and oxygen atoms in total. The maximum absolute atomic E-state index is 11.3. The monoisotopic (exact) mass is 257 g/mol. The number of nitrogens with one attached hydrogen (secondary N) is 1. The summed E-state index contributed by atoms with van der Waals surface area (Å²) in [6.07, 6.45) is 7.69. The van der Waals surface area contributed by atoms with Crippen LogP contribution in [0.3, 0.4) is 0 Å². The van der Waals surface area contributed by atoms with Crippen LogP contribution in [0.15, 0.2) is 0 Å². The third kappa shape index (κ3) is 13.5. The van der Waals surface area contributed by atoms with Crippen molar-refractivity contribution < 1.29 is 9.53 Å². The molecule has 0 rings (SSSR count). The van der Waals surface area contributed by atoms with Crippen LogP contribution >= 0.6 is 0 Å². The molecule has 0 radical (unpaired) electrons. The summed E-state index contributed by atoms with van der Waals surface area (Å²) in [6, 6.07) is 0. The van der Waals surface area contributed by atoms with E-state index in [2.05, 4.69) is 19.2 Å². The maximum atomic E-state index is 11.3. The Morgan fingerprint density at radius 1 is 1.00 bits per heavy atom. The van der Waals surface area contributed by atoms with Crippen LogP contribution < -0.4 is 5.32 Å². The van der Waals surface area contributed by atoms with E-state index in [9.17, 15) is 4.79 Å². The van der Waals surface area contributed by atoms with Gasteiger partial charge in [0.1, 0.15) is 6.61 Å². The zero-order valence-electron chi connectivity index (χ0n) is 12.6. The molecule has 0 spiro atoms. The van der Waals surface area contributed by atoms with E-state index in [1.54, 1.807) is 0 Å². The van der Waals surface area contributed by atoms with Gasteiger partial charge < -0.3 is 10.1 Å². The van der Waals surface area contributed by atoms with Crippen LogP contribution in [0.25, 0.3) is 0 Å². The van der Waals surface area contributed by atoms with Crippen LogP contribution in [0.1, 0.15) is 66.2 Å². The van der Waals surface area contributed by atoms with Crippen molar-refractivity contribution in [2.75, 3.05) is 13.2 Å². The van der Waals surface area contributed by atoms with E-state index in [1.807, 2.05) is 13.8 Å². The summed E-state index contributed by atoms with van der Waals surface area (Å²) in [5.74, 6) is 0.828. The van der Waals surface area contributed by atoms with Gasteiger partial charge in [0.05, 0.1) is 6.10 Å². The van der Waals surface area contributed by atoms with Crippen molar-refractivity contribution in [1.82, 2.24) is 5.32 Å². The largest absolute Gasteiger partial charge is 0.369 e. The van der Waals surface area contributed by atoms with Gasteiger partial charge in [-0.15, -0.1) is 0 Å². The predicted octanol–water partition coefficient (Wildman–Crippen LogP) is 3.52. The molecule has 0 aromatic rings. The van der Waals surface area contributed by atoms with Gasteiger partial charge in [0.2, 0.25) is 5.91 Å². The number of ether oxygens (including phenoxy) is 1. The number of hydrogen-bond donors (Lipinski definition) is 1. The second-order valence-corrected chi connectivity index (χ2v) is 5.66. The molecule has 0 aliphatic rings. The van der Waals surface area contributed by atoms with Crippen molar-refractivity contribution in [3.8, 4) is 0 Å². The fourth-order valence-electron chi connectivity index (χ4n) is 1.73. The summed E-state index contributed by atoms with van der Waals surface area (Å²) in [4.78, 5) is 11.3. The summed E-state index contributed by atoms with van der Waals surface area (Å²) >= 11 is 0. The second-order valence-electron chi connectivity index (χ2n) is 5.66. The van der Waals surface area contributed by atoms with E-state index in [4.69, 9.17) is 4.74 Å². The number of hydrogen-bond acceptors (Lipinski definition) is 2. The molecule has 0 bridgehead atoms. The zero-order chi connectivity index (χ0) is 13.8. The highest BCUT2D eigenvalue weighted by molar-refractivity contribution is 5.77. The minimum Gasteiger partial charge on any atom is -0.369 e. The van der Waals surface area contributed by atoms with Gasteiger partial charge in [-0.25, -0.2) is 0 Å². The first-order valence-corrected chi connectivity index (χ1v) is 7.40. The molecule has 0 saturated heterocycles. The Hall–Kier alpha value is -0.570. The molecule has 3 heteroatoms. The van der Waals surface area contributed by atoms with Crippen molar-refractivity contribution in [2.24, 2.45) is 5.92 Å². The summed E-state index contributed by atoms with van der Waals surface area (Å²) in [6.45, 7) is 9.38. The molecule has 108 valence electrons. The first-order valence-electron chi connectivity index (χ1n) is 7.40. The van der Waals surface area contributed by atoms with E-state index in [-0.39, 0.29) is 18.6 Å². The molecule has 18 heavy (non-hydrogen) atoms. The number of amides is 1. The highest BCUT2D eigenvalue weighted by atomic mass is 16.5. The van der Waals surface area contributed by atoms with Crippen molar-refractivity contribution in [2.45, 2.75) is 72.3 Å². The van der Waals surface area contributed by atoms with E-state index >= 15 is 0 Å². The average Bonchev–Trinajstić information content (AvgIpc) is 2.29. The number of rotatable bonds is 11. The topological polar surface area (TPSA) is 38.3 Å². The molecule has 0 aromatic heterocycles. The minimum absolute atomic E-state index is 0.00325. The Morgan fingerprint density at radius 2 is 1.61 bits per heavy atom. The molecule has 0 heterocycles. The molecule has 0 aliphatic heterocycles. The van der Waals surface area contributed by atoms with Crippen LogP contribution in [0, 0.1) is 5.92 Å². The molecule has 0 aromatic carbocycles. The standard InChI is InChI=1S/C15H31NO2/c1-13(2)10-8-6-5-7-9-11-16-15(17)12-18-14(3)4/h13-14H,5-12H2,1-4H3,(H,16,17). The maximum Gasteiger partial charge on any atom is 0.246 e. The average molecular weight is 257 g/mol. The lowest BCUT2D eigenvalue weighted by molar-refractivity contribution is -0.127. The molecule has 0 unspecified atom stereocenters. The van der Waals surface area contributed by atoms with Crippen LogP contribution in [0.2, 0.25) is 0 Å². The molecular weight excluding hydrogens is 226 g/mol. The SMILES string of the molecule is CC(C)CCCCCCCNC(=O)COC(C)C. The van der Waals surface area contributed by atoms with Gasteiger partial charge in [-0.1, -0.05) is 46.0 Å². The molecule has 0 atom stereocenters.